The Balaban J connectivity index is 1.95. The van der Waals surface area contributed by atoms with Gasteiger partial charge in [-0.3, -0.25) is 10.1 Å². The molecule has 0 saturated heterocycles. The van der Waals surface area contributed by atoms with Gasteiger partial charge in [0.25, 0.3) is 5.91 Å². The van der Waals surface area contributed by atoms with E-state index >= 15 is 0 Å². The first kappa shape index (κ1) is 18.1. The van der Waals surface area contributed by atoms with Crippen LogP contribution < -0.4 is 14.8 Å². The number of thiazole rings is 1. The summed E-state index contributed by atoms with van der Waals surface area (Å²) in [5.41, 5.74) is 0.872. The summed E-state index contributed by atoms with van der Waals surface area (Å²) in [7, 11) is 2.96. The van der Waals surface area contributed by atoms with Gasteiger partial charge in [-0.15, -0.1) is 0 Å². The highest BCUT2D eigenvalue weighted by molar-refractivity contribution is 7.22. The predicted molar refractivity (Wildman–Crippen MR) is 102 cm³/mol. The van der Waals surface area contributed by atoms with Gasteiger partial charge in [0, 0.05) is 11.1 Å². The van der Waals surface area contributed by atoms with Gasteiger partial charge in [0.1, 0.15) is 11.5 Å². The Bertz CT molecular complexity index is 975. The zero-order valence-electron chi connectivity index (χ0n) is 13.0. The van der Waals surface area contributed by atoms with Crippen molar-refractivity contribution < 1.29 is 14.3 Å². The number of amides is 1. The minimum Gasteiger partial charge on any atom is -0.495 e. The first-order valence-corrected chi connectivity index (χ1v) is 8.86. The Kier molecular flexibility index (Phi) is 5.24. The average molecular weight is 418 g/mol. The minimum atomic E-state index is -0.432. The van der Waals surface area contributed by atoms with Gasteiger partial charge in [-0.05, 0) is 18.2 Å². The number of aromatic nitrogens is 1. The fraction of sp³-hybridized carbons (Fsp3) is 0.125. The Morgan fingerprint density at radius 1 is 1.08 bits per heavy atom. The van der Waals surface area contributed by atoms with Crippen LogP contribution in [-0.2, 0) is 0 Å². The molecule has 1 aromatic heterocycles. The van der Waals surface area contributed by atoms with E-state index in [-0.39, 0.29) is 16.3 Å². The first-order chi connectivity index (χ1) is 11.9. The maximum Gasteiger partial charge on any atom is 0.261 e. The highest BCUT2D eigenvalue weighted by Crippen LogP contribution is 2.36. The lowest BCUT2D eigenvalue weighted by Gasteiger charge is -2.10. The number of fused-ring (bicyclic) bond motifs is 1. The summed E-state index contributed by atoms with van der Waals surface area (Å²) in [4.78, 5) is 16.9. The summed E-state index contributed by atoms with van der Waals surface area (Å²) >= 11 is 19.4. The van der Waals surface area contributed by atoms with Crippen molar-refractivity contribution in [1.82, 2.24) is 4.98 Å². The molecule has 0 atom stereocenters. The van der Waals surface area contributed by atoms with Crippen molar-refractivity contribution in [3.05, 3.63) is 44.9 Å². The molecule has 3 rings (SSSR count). The van der Waals surface area contributed by atoms with Crippen molar-refractivity contribution in [3.63, 3.8) is 0 Å². The zero-order chi connectivity index (χ0) is 18.1. The van der Waals surface area contributed by atoms with E-state index in [1.54, 1.807) is 12.1 Å². The Labute approximate surface area is 162 Å². The molecule has 1 N–H and O–H groups in total. The second kappa shape index (κ2) is 7.25. The topological polar surface area (TPSA) is 60.5 Å². The van der Waals surface area contributed by atoms with E-state index in [1.807, 2.05) is 0 Å². The molecule has 0 aliphatic carbocycles. The van der Waals surface area contributed by atoms with Crippen molar-refractivity contribution in [2.45, 2.75) is 0 Å². The predicted octanol–water partition coefficient (Wildman–Crippen LogP) is 5.53. The van der Waals surface area contributed by atoms with E-state index < -0.39 is 5.91 Å². The van der Waals surface area contributed by atoms with Crippen LogP contribution in [0.2, 0.25) is 15.1 Å². The molecule has 2 aromatic carbocycles. The number of halogens is 3. The first-order valence-electron chi connectivity index (χ1n) is 6.91. The molecule has 25 heavy (non-hydrogen) atoms. The van der Waals surface area contributed by atoms with Crippen LogP contribution in [0.4, 0.5) is 5.13 Å². The maximum absolute atomic E-state index is 12.6. The van der Waals surface area contributed by atoms with E-state index in [4.69, 9.17) is 44.3 Å². The third-order valence-electron chi connectivity index (χ3n) is 3.34. The quantitative estimate of drug-likeness (QED) is 0.606. The molecule has 0 aliphatic heterocycles. The van der Waals surface area contributed by atoms with Crippen LogP contribution in [0.5, 0.6) is 11.5 Å². The molecule has 130 valence electrons. The van der Waals surface area contributed by atoms with Gasteiger partial charge in [-0.2, -0.15) is 0 Å². The fourth-order valence-corrected chi connectivity index (χ4v) is 3.92. The number of hydrogen-bond donors (Lipinski definition) is 1. The van der Waals surface area contributed by atoms with Crippen molar-refractivity contribution >= 4 is 67.4 Å². The normalized spacial score (nSPS) is 10.8. The zero-order valence-corrected chi connectivity index (χ0v) is 16.1. The van der Waals surface area contributed by atoms with Gasteiger partial charge in [0.05, 0.1) is 40.0 Å². The van der Waals surface area contributed by atoms with E-state index in [0.717, 1.165) is 4.70 Å². The lowest BCUT2D eigenvalue weighted by atomic mass is 10.2. The number of methoxy groups -OCH3 is 2. The van der Waals surface area contributed by atoms with Crippen LogP contribution in [-0.4, -0.2) is 25.1 Å². The third-order valence-corrected chi connectivity index (χ3v) is 5.07. The summed E-state index contributed by atoms with van der Waals surface area (Å²) in [6, 6.07) is 6.43. The number of ether oxygens (including phenoxy) is 2. The van der Waals surface area contributed by atoms with Gasteiger partial charge in [-0.25, -0.2) is 4.98 Å². The third kappa shape index (κ3) is 3.62. The van der Waals surface area contributed by atoms with E-state index in [2.05, 4.69) is 10.3 Å². The van der Waals surface area contributed by atoms with Crippen LogP contribution in [0, 0.1) is 0 Å². The van der Waals surface area contributed by atoms with Crippen molar-refractivity contribution in [2.75, 3.05) is 19.5 Å². The Hall–Kier alpha value is -1.73. The number of nitrogens with one attached hydrogen (secondary N) is 1. The molecule has 5 nitrogen and oxygen atoms in total. The van der Waals surface area contributed by atoms with Crippen LogP contribution >= 0.6 is 46.1 Å². The van der Waals surface area contributed by atoms with Crippen molar-refractivity contribution in [2.24, 2.45) is 0 Å². The number of benzene rings is 2. The summed E-state index contributed by atoms with van der Waals surface area (Å²) in [5, 5.41) is 4.15. The molecule has 0 aliphatic rings. The Morgan fingerprint density at radius 2 is 1.84 bits per heavy atom. The van der Waals surface area contributed by atoms with Crippen molar-refractivity contribution in [3.8, 4) is 11.5 Å². The minimum absolute atomic E-state index is 0.217. The second-order valence-corrected chi connectivity index (χ2v) is 7.18. The highest BCUT2D eigenvalue weighted by atomic mass is 35.5. The second-order valence-electron chi connectivity index (χ2n) is 4.90. The molecule has 0 fully saturated rings. The monoisotopic (exact) mass is 416 g/mol. The number of carbonyl (C=O) groups is 1. The molecule has 9 heteroatoms. The molecular weight excluding hydrogens is 407 g/mol. The number of rotatable bonds is 4. The number of nitrogens with zero attached hydrogens (tertiary/aromatic N) is 1. The van der Waals surface area contributed by atoms with Crippen LogP contribution in [0.15, 0.2) is 24.3 Å². The van der Waals surface area contributed by atoms with E-state index in [9.17, 15) is 4.79 Å². The van der Waals surface area contributed by atoms with E-state index in [0.29, 0.717) is 26.4 Å². The van der Waals surface area contributed by atoms with Gasteiger partial charge in [0.15, 0.2) is 5.13 Å². The number of carbonyl (C=O) groups excluding carboxylic acids is 1. The summed E-state index contributed by atoms with van der Waals surface area (Å²) in [5.74, 6) is 0.353. The molecule has 0 spiro atoms. The van der Waals surface area contributed by atoms with Gasteiger partial charge in [0.2, 0.25) is 0 Å². The lowest BCUT2D eigenvalue weighted by molar-refractivity contribution is 0.102. The molecule has 0 bridgehead atoms. The van der Waals surface area contributed by atoms with E-state index in [1.165, 1.54) is 37.7 Å². The SMILES string of the molecule is COc1cc2sc(NC(=O)c3cc(Cl)cc(Cl)c3OC)nc2cc1Cl. The molecule has 0 unspecified atom stereocenters. The molecule has 0 saturated carbocycles. The van der Waals surface area contributed by atoms with Gasteiger partial charge >= 0.3 is 0 Å². The standard InChI is InChI=1S/C16H11Cl3N2O3S/c1-23-12-6-13-11(5-9(12)18)20-16(25-13)21-15(22)8-3-7(17)4-10(19)14(8)24-2/h3-6H,1-2H3,(H,20,21,22). The largest absolute Gasteiger partial charge is 0.495 e. The van der Waals surface area contributed by atoms with Crippen molar-refractivity contribution in [1.29, 1.82) is 0 Å². The Morgan fingerprint density at radius 3 is 2.52 bits per heavy atom. The highest BCUT2D eigenvalue weighted by Gasteiger charge is 2.18. The van der Waals surface area contributed by atoms with Crippen LogP contribution in [0.1, 0.15) is 10.4 Å². The molecule has 1 heterocycles. The van der Waals surface area contributed by atoms with Gasteiger partial charge < -0.3 is 9.47 Å². The summed E-state index contributed by atoms with van der Waals surface area (Å²) in [6.45, 7) is 0. The lowest BCUT2D eigenvalue weighted by Crippen LogP contribution is -2.13. The van der Waals surface area contributed by atoms with Crippen LogP contribution in [0.25, 0.3) is 10.2 Å². The summed E-state index contributed by atoms with van der Waals surface area (Å²) in [6.07, 6.45) is 0. The molecule has 1 amide bonds. The molecular formula is C16H11Cl3N2O3S. The summed E-state index contributed by atoms with van der Waals surface area (Å²) < 4.78 is 11.2. The number of anilines is 1. The fourth-order valence-electron chi connectivity index (χ4n) is 2.24. The molecule has 3 aromatic rings. The van der Waals surface area contributed by atoms with Gasteiger partial charge in [-0.1, -0.05) is 46.1 Å². The number of hydrogen-bond acceptors (Lipinski definition) is 5. The average Bonchev–Trinajstić information content (AvgIpc) is 2.94. The van der Waals surface area contributed by atoms with Crippen LogP contribution in [0.3, 0.4) is 0 Å². The molecule has 0 radical (unpaired) electrons. The maximum atomic E-state index is 12.6. The smallest absolute Gasteiger partial charge is 0.261 e.